The summed E-state index contributed by atoms with van der Waals surface area (Å²) in [6, 6.07) is 11.8. The van der Waals surface area contributed by atoms with Crippen LogP contribution < -0.4 is 0 Å². The quantitative estimate of drug-likeness (QED) is 0.693. The van der Waals surface area contributed by atoms with Crippen molar-refractivity contribution < 1.29 is 4.79 Å². The van der Waals surface area contributed by atoms with Gasteiger partial charge in [0, 0.05) is 23.3 Å². The third-order valence-corrected chi connectivity index (χ3v) is 3.52. The second kappa shape index (κ2) is 4.97. The average molecular weight is 315 g/mol. The first kappa shape index (κ1) is 12.1. The van der Waals surface area contributed by atoms with Crippen molar-refractivity contribution in [2.45, 2.75) is 6.42 Å². The molecule has 0 unspecified atom stereocenters. The highest BCUT2D eigenvalue weighted by Crippen LogP contribution is 2.15. The molecule has 0 radical (unpaired) electrons. The molecule has 0 atom stereocenters. The zero-order valence-corrected chi connectivity index (χ0v) is 11.7. The summed E-state index contributed by atoms with van der Waals surface area (Å²) >= 11 is 3.42. The fraction of sp³-hybridized carbons (Fsp3) is 0.0667. The predicted molar refractivity (Wildman–Crippen MR) is 77.5 cm³/mol. The molecule has 94 valence electrons. The first-order valence-corrected chi connectivity index (χ1v) is 6.72. The molecule has 0 aliphatic rings. The molecule has 0 aliphatic carbocycles. The Balaban J connectivity index is 1.97. The lowest BCUT2D eigenvalue weighted by atomic mass is 10.1. The molecule has 4 heteroatoms. The molecular weight excluding hydrogens is 304 g/mol. The van der Waals surface area contributed by atoms with Gasteiger partial charge in [0.2, 0.25) is 0 Å². The third-order valence-electron chi connectivity index (χ3n) is 2.99. The van der Waals surface area contributed by atoms with Gasteiger partial charge in [-0.3, -0.25) is 4.79 Å². The number of carbonyl (C=O) groups is 1. The van der Waals surface area contributed by atoms with Gasteiger partial charge in [-0.2, -0.15) is 0 Å². The van der Waals surface area contributed by atoms with Crippen molar-refractivity contribution in [3.8, 4) is 0 Å². The van der Waals surface area contributed by atoms with Crippen LogP contribution in [0.15, 0.2) is 53.3 Å². The van der Waals surface area contributed by atoms with Crippen molar-refractivity contribution >= 4 is 27.9 Å². The Hall–Kier alpha value is -1.94. The van der Waals surface area contributed by atoms with E-state index in [0.717, 1.165) is 22.9 Å². The summed E-state index contributed by atoms with van der Waals surface area (Å²) < 4.78 is 2.95. The number of aromatic nitrogens is 2. The SMILES string of the molecule is O=Cc1cccn2cc(Cc3ccc(Br)cc3)nc12. The molecule has 0 spiro atoms. The minimum absolute atomic E-state index is 0.615. The van der Waals surface area contributed by atoms with Gasteiger partial charge in [0.15, 0.2) is 6.29 Å². The topological polar surface area (TPSA) is 34.4 Å². The summed E-state index contributed by atoms with van der Waals surface area (Å²) in [6.07, 6.45) is 5.46. The van der Waals surface area contributed by atoms with Crippen molar-refractivity contribution in [3.05, 3.63) is 70.1 Å². The highest BCUT2D eigenvalue weighted by atomic mass is 79.9. The molecule has 3 nitrogen and oxygen atoms in total. The maximum absolute atomic E-state index is 11.0. The second-order valence-corrected chi connectivity index (χ2v) is 5.26. The average Bonchev–Trinajstić information content (AvgIpc) is 2.83. The van der Waals surface area contributed by atoms with Gasteiger partial charge < -0.3 is 4.40 Å². The molecule has 2 heterocycles. The van der Waals surface area contributed by atoms with Crippen LogP contribution in [-0.2, 0) is 6.42 Å². The number of benzene rings is 1. The van der Waals surface area contributed by atoms with Crippen molar-refractivity contribution in [1.29, 1.82) is 0 Å². The zero-order chi connectivity index (χ0) is 13.2. The number of nitrogens with zero attached hydrogens (tertiary/aromatic N) is 2. The second-order valence-electron chi connectivity index (χ2n) is 4.35. The van der Waals surface area contributed by atoms with E-state index in [1.165, 1.54) is 5.56 Å². The molecule has 0 fully saturated rings. The Morgan fingerprint density at radius 2 is 2.00 bits per heavy atom. The van der Waals surface area contributed by atoms with Crippen LogP contribution in [0.1, 0.15) is 21.6 Å². The molecule has 3 rings (SSSR count). The monoisotopic (exact) mass is 314 g/mol. The number of pyridine rings is 1. The highest BCUT2D eigenvalue weighted by Gasteiger charge is 2.06. The number of carbonyl (C=O) groups excluding carboxylic acids is 1. The van der Waals surface area contributed by atoms with E-state index in [9.17, 15) is 4.79 Å². The van der Waals surface area contributed by atoms with E-state index in [1.807, 2.05) is 35.0 Å². The Morgan fingerprint density at radius 3 is 2.74 bits per heavy atom. The lowest BCUT2D eigenvalue weighted by molar-refractivity contribution is 0.112. The van der Waals surface area contributed by atoms with Gasteiger partial charge in [-0.25, -0.2) is 4.98 Å². The predicted octanol–water partition coefficient (Wildman–Crippen LogP) is 3.50. The van der Waals surface area contributed by atoms with E-state index in [0.29, 0.717) is 11.2 Å². The van der Waals surface area contributed by atoms with Gasteiger partial charge in [0.05, 0.1) is 11.3 Å². The van der Waals surface area contributed by atoms with Crippen LogP contribution >= 0.6 is 15.9 Å². The number of fused-ring (bicyclic) bond motifs is 1. The van der Waals surface area contributed by atoms with Crippen LogP contribution in [0.5, 0.6) is 0 Å². The molecule has 2 aromatic heterocycles. The number of hydrogen-bond acceptors (Lipinski definition) is 2. The normalized spacial score (nSPS) is 10.8. The van der Waals surface area contributed by atoms with Crippen LogP contribution in [0.4, 0.5) is 0 Å². The summed E-state index contributed by atoms with van der Waals surface area (Å²) in [5.41, 5.74) is 3.48. The molecule has 0 bridgehead atoms. The molecule has 0 saturated heterocycles. The van der Waals surface area contributed by atoms with Crippen molar-refractivity contribution in [2.75, 3.05) is 0 Å². The fourth-order valence-electron chi connectivity index (χ4n) is 2.07. The number of rotatable bonds is 3. The molecule has 19 heavy (non-hydrogen) atoms. The van der Waals surface area contributed by atoms with E-state index in [4.69, 9.17) is 0 Å². The van der Waals surface area contributed by atoms with Crippen molar-refractivity contribution in [2.24, 2.45) is 0 Å². The number of imidazole rings is 1. The minimum atomic E-state index is 0.615. The van der Waals surface area contributed by atoms with E-state index in [1.54, 1.807) is 6.07 Å². The maximum atomic E-state index is 11.0. The molecular formula is C15H11BrN2O. The zero-order valence-electron chi connectivity index (χ0n) is 10.1. The fourth-order valence-corrected chi connectivity index (χ4v) is 2.34. The van der Waals surface area contributed by atoms with Gasteiger partial charge in [-0.1, -0.05) is 28.1 Å². The first-order chi connectivity index (χ1) is 9.26. The van der Waals surface area contributed by atoms with Crippen molar-refractivity contribution in [1.82, 2.24) is 9.38 Å². The highest BCUT2D eigenvalue weighted by molar-refractivity contribution is 9.10. The lowest BCUT2D eigenvalue weighted by Gasteiger charge is -1.97. The van der Waals surface area contributed by atoms with Gasteiger partial charge in [0.25, 0.3) is 0 Å². The van der Waals surface area contributed by atoms with Crippen molar-refractivity contribution in [3.63, 3.8) is 0 Å². The lowest BCUT2D eigenvalue weighted by Crippen LogP contribution is -1.89. The summed E-state index contributed by atoms with van der Waals surface area (Å²) in [5, 5.41) is 0. The van der Waals surface area contributed by atoms with Crippen LogP contribution in [0.2, 0.25) is 0 Å². The number of halogens is 1. The van der Waals surface area contributed by atoms with E-state index >= 15 is 0 Å². The van der Waals surface area contributed by atoms with Gasteiger partial charge in [-0.05, 0) is 29.8 Å². The van der Waals surface area contributed by atoms with E-state index < -0.39 is 0 Å². The standard InChI is InChI=1S/C15H11BrN2O/c16-13-5-3-11(4-6-13)8-14-9-18-7-1-2-12(10-19)15(18)17-14/h1-7,9-10H,8H2. The summed E-state index contributed by atoms with van der Waals surface area (Å²) in [6.45, 7) is 0. The minimum Gasteiger partial charge on any atom is -0.306 e. The molecule has 1 aromatic carbocycles. The third kappa shape index (κ3) is 2.44. The molecule has 0 saturated carbocycles. The molecule has 0 amide bonds. The molecule has 3 aromatic rings. The van der Waals surface area contributed by atoms with E-state index in [2.05, 4.69) is 33.0 Å². The first-order valence-electron chi connectivity index (χ1n) is 5.92. The summed E-state index contributed by atoms with van der Waals surface area (Å²) in [5.74, 6) is 0. The molecule has 0 N–H and O–H groups in total. The Kier molecular flexibility index (Phi) is 3.17. The molecule has 0 aliphatic heterocycles. The van der Waals surface area contributed by atoms with Gasteiger partial charge >= 0.3 is 0 Å². The van der Waals surface area contributed by atoms with Crippen LogP contribution in [0.3, 0.4) is 0 Å². The van der Waals surface area contributed by atoms with Crippen LogP contribution in [-0.4, -0.2) is 15.7 Å². The number of hydrogen-bond donors (Lipinski definition) is 0. The van der Waals surface area contributed by atoms with Gasteiger partial charge in [-0.15, -0.1) is 0 Å². The van der Waals surface area contributed by atoms with Gasteiger partial charge in [0.1, 0.15) is 5.65 Å². The van der Waals surface area contributed by atoms with Crippen LogP contribution in [0, 0.1) is 0 Å². The maximum Gasteiger partial charge on any atom is 0.153 e. The Labute approximate surface area is 119 Å². The smallest absolute Gasteiger partial charge is 0.153 e. The summed E-state index contributed by atoms with van der Waals surface area (Å²) in [7, 11) is 0. The Morgan fingerprint density at radius 1 is 1.21 bits per heavy atom. The van der Waals surface area contributed by atoms with E-state index in [-0.39, 0.29) is 0 Å². The van der Waals surface area contributed by atoms with Crippen LogP contribution in [0.25, 0.3) is 5.65 Å². The largest absolute Gasteiger partial charge is 0.306 e. The number of aldehydes is 1. The Bertz CT molecular complexity index is 731. The summed E-state index contributed by atoms with van der Waals surface area (Å²) in [4.78, 5) is 15.5.